The number of aromatic nitrogens is 1. The third-order valence-corrected chi connectivity index (χ3v) is 3.99. The number of hydrogen-bond acceptors (Lipinski definition) is 5. The maximum absolute atomic E-state index is 12.1. The Hall–Kier alpha value is -1.66. The molecule has 0 saturated heterocycles. The van der Waals surface area contributed by atoms with Crippen LogP contribution in [0.4, 0.5) is 5.13 Å². The van der Waals surface area contributed by atoms with E-state index >= 15 is 0 Å². The van der Waals surface area contributed by atoms with Crippen molar-refractivity contribution in [1.82, 2.24) is 4.98 Å². The highest BCUT2D eigenvalue weighted by molar-refractivity contribution is 7.98. The van der Waals surface area contributed by atoms with Gasteiger partial charge in [0.15, 0.2) is 10.9 Å². The van der Waals surface area contributed by atoms with E-state index in [0.29, 0.717) is 16.4 Å². The fourth-order valence-corrected chi connectivity index (χ4v) is 2.83. The molecule has 1 heterocycles. The molecule has 1 aromatic heterocycles. The highest BCUT2D eigenvalue weighted by Crippen LogP contribution is 2.22. The Bertz CT molecular complexity index is 623. The minimum Gasteiger partial charge on any atom is -0.298 e. The fraction of sp³-hybridized carbons (Fsp3) is 0.154. The van der Waals surface area contributed by atoms with Gasteiger partial charge in [-0.3, -0.25) is 14.9 Å². The molecular weight excluding hydrogens is 280 g/mol. The number of Topliss-reactive ketones (excluding diaryl/α,β-unsaturated/α-hetero) is 1. The van der Waals surface area contributed by atoms with E-state index in [4.69, 9.17) is 0 Å². The van der Waals surface area contributed by atoms with Gasteiger partial charge in [-0.2, -0.15) is 0 Å². The number of carbonyl (C=O) groups is 2. The lowest BCUT2D eigenvalue weighted by atomic mass is 10.2. The number of nitrogens with one attached hydrogen (secondary N) is 1. The Morgan fingerprint density at radius 3 is 2.68 bits per heavy atom. The third-order valence-electron chi connectivity index (χ3n) is 2.44. The van der Waals surface area contributed by atoms with E-state index in [2.05, 4.69) is 10.3 Å². The van der Waals surface area contributed by atoms with Crippen LogP contribution in [0.15, 0.2) is 34.5 Å². The highest BCUT2D eigenvalue weighted by Gasteiger charge is 2.13. The molecule has 2 aromatic rings. The normalized spacial score (nSPS) is 10.2. The van der Waals surface area contributed by atoms with Crippen LogP contribution in [0.25, 0.3) is 0 Å². The van der Waals surface area contributed by atoms with Gasteiger partial charge < -0.3 is 0 Å². The second kappa shape index (κ2) is 5.99. The van der Waals surface area contributed by atoms with Crippen LogP contribution in [0.1, 0.15) is 27.8 Å². The van der Waals surface area contributed by atoms with Crippen molar-refractivity contribution < 1.29 is 9.59 Å². The number of carbonyl (C=O) groups excluding carboxylic acids is 2. The molecule has 0 saturated carbocycles. The van der Waals surface area contributed by atoms with E-state index in [0.717, 1.165) is 4.90 Å². The average Bonchev–Trinajstić information content (AvgIpc) is 2.87. The van der Waals surface area contributed by atoms with Crippen molar-refractivity contribution in [1.29, 1.82) is 0 Å². The van der Waals surface area contributed by atoms with Crippen LogP contribution in [-0.4, -0.2) is 22.9 Å². The number of amides is 1. The summed E-state index contributed by atoms with van der Waals surface area (Å²) in [7, 11) is 0. The second-order valence-corrected chi connectivity index (χ2v) is 5.45. The number of hydrogen-bond donors (Lipinski definition) is 1. The van der Waals surface area contributed by atoms with E-state index in [1.165, 1.54) is 30.0 Å². The van der Waals surface area contributed by atoms with Gasteiger partial charge in [0.25, 0.3) is 5.91 Å². The quantitative estimate of drug-likeness (QED) is 0.693. The van der Waals surface area contributed by atoms with Gasteiger partial charge in [0.2, 0.25) is 0 Å². The molecule has 6 heteroatoms. The minimum absolute atomic E-state index is 0.110. The summed E-state index contributed by atoms with van der Waals surface area (Å²) in [6.07, 6.45) is 1.92. The molecule has 1 amide bonds. The molecule has 1 aromatic carbocycles. The summed E-state index contributed by atoms with van der Waals surface area (Å²) in [5.74, 6) is -0.323. The number of anilines is 1. The Kier molecular flexibility index (Phi) is 4.34. The molecule has 0 radical (unpaired) electrons. The van der Waals surface area contributed by atoms with E-state index in [9.17, 15) is 9.59 Å². The molecule has 2 rings (SSSR count). The molecule has 19 heavy (non-hydrogen) atoms. The number of thioether (sulfide) groups is 1. The van der Waals surface area contributed by atoms with Gasteiger partial charge in [0.05, 0.1) is 5.56 Å². The molecule has 1 N–H and O–H groups in total. The summed E-state index contributed by atoms with van der Waals surface area (Å²) in [5.41, 5.74) is 0.980. The van der Waals surface area contributed by atoms with Crippen LogP contribution in [0.5, 0.6) is 0 Å². The standard InChI is InChI=1S/C13H12N2O2S2/c1-8(16)10-7-19-13(14-10)15-12(17)9-5-3-4-6-11(9)18-2/h3-7H,1-2H3,(H,14,15,17). The van der Waals surface area contributed by atoms with E-state index in [1.807, 2.05) is 24.5 Å². The van der Waals surface area contributed by atoms with Gasteiger partial charge in [-0.25, -0.2) is 4.98 Å². The van der Waals surface area contributed by atoms with Gasteiger partial charge in [0, 0.05) is 17.2 Å². The van der Waals surface area contributed by atoms with Gasteiger partial charge in [0.1, 0.15) is 5.69 Å². The molecule has 0 fully saturated rings. The zero-order valence-electron chi connectivity index (χ0n) is 10.5. The maximum atomic E-state index is 12.1. The Morgan fingerprint density at radius 1 is 1.32 bits per heavy atom. The Labute approximate surface area is 119 Å². The number of ketones is 1. The Morgan fingerprint density at radius 2 is 2.05 bits per heavy atom. The van der Waals surface area contributed by atoms with Crippen molar-refractivity contribution >= 4 is 39.9 Å². The first kappa shape index (κ1) is 13.8. The van der Waals surface area contributed by atoms with Crippen LogP contribution in [-0.2, 0) is 0 Å². The average molecular weight is 292 g/mol. The number of benzene rings is 1. The lowest BCUT2D eigenvalue weighted by Crippen LogP contribution is -2.12. The Balaban J connectivity index is 2.18. The molecule has 0 aliphatic heterocycles. The van der Waals surface area contributed by atoms with Crippen LogP contribution in [0, 0.1) is 0 Å². The summed E-state index contributed by atoms with van der Waals surface area (Å²) in [4.78, 5) is 28.2. The van der Waals surface area contributed by atoms with Crippen LogP contribution >= 0.6 is 23.1 Å². The maximum Gasteiger partial charge on any atom is 0.258 e. The zero-order valence-corrected chi connectivity index (χ0v) is 12.1. The van der Waals surface area contributed by atoms with Crippen molar-refractivity contribution in [3.05, 3.63) is 40.9 Å². The molecule has 4 nitrogen and oxygen atoms in total. The lowest BCUT2D eigenvalue weighted by molar-refractivity contribution is 0.100. The molecule has 0 spiro atoms. The molecule has 0 aliphatic carbocycles. The van der Waals surface area contributed by atoms with Crippen LogP contribution in [0.3, 0.4) is 0 Å². The minimum atomic E-state index is -0.214. The van der Waals surface area contributed by atoms with Gasteiger partial charge in [-0.1, -0.05) is 12.1 Å². The van der Waals surface area contributed by atoms with Crippen molar-refractivity contribution in [2.75, 3.05) is 11.6 Å². The molecule has 0 bridgehead atoms. The van der Waals surface area contributed by atoms with Crippen molar-refractivity contribution in [2.45, 2.75) is 11.8 Å². The summed E-state index contributed by atoms with van der Waals surface area (Å²) in [5, 5.41) is 4.78. The van der Waals surface area contributed by atoms with Gasteiger partial charge in [-0.05, 0) is 18.4 Å². The summed E-state index contributed by atoms with van der Waals surface area (Å²) >= 11 is 2.76. The number of nitrogens with zero attached hydrogens (tertiary/aromatic N) is 1. The number of thiazole rings is 1. The van der Waals surface area contributed by atoms with Crippen molar-refractivity contribution in [2.24, 2.45) is 0 Å². The fourth-order valence-electron chi connectivity index (χ4n) is 1.49. The van der Waals surface area contributed by atoms with Gasteiger partial charge in [-0.15, -0.1) is 23.1 Å². The number of rotatable bonds is 4. The summed E-state index contributed by atoms with van der Waals surface area (Å²) in [6, 6.07) is 7.36. The van der Waals surface area contributed by atoms with Crippen LogP contribution < -0.4 is 5.32 Å². The zero-order chi connectivity index (χ0) is 13.8. The van der Waals surface area contributed by atoms with E-state index in [-0.39, 0.29) is 11.7 Å². The first-order chi connectivity index (χ1) is 9.11. The topological polar surface area (TPSA) is 59.1 Å². The molecule has 0 aliphatic rings. The SMILES string of the molecule is CSc1ccccc1C(=O)Nc1nc(C(C)=O)cs1. The smallest absolute Gasteiger partial charge is 0.258 e. The first-order valence-corrected chi connectivity index (χ1v) is 7.63. The second-order valence-electron chi connectivity index (χ2n) is 3.75. The molecule has 0 unspecified atom stereocenters. The summed E-state index contributed by atoms with van der Waals surface area (Å²) in [6.45, 7) is 1.45. The van der Waals surface area contributed by atoms with Gasteiger partial charge >= 0.3 is 0 Å². The van der Waals surface area contributed by atoms with E-state index < -0.39 is 0 Å². The highest BCUT2D eigenvalue weighted by atomic mass is 32.2. The lowest BCUT2D eigenvalue weighted by Gasteiger charge is -2.05. The monoisotopic (exact) mass is 292 g/mol. The molecule has 98 valence electrons. The van der Waals surface area contributed by atoms with Crippen molar-refractivity contribution in [3.8, 4) is 0 Å². The van der Waals surface area contributed by atoms with E-state index in [1.54, 1.807) is 11.4 Å². The predicted molar refractivity (Wildman–Crippen MR) is 78.3 cm³/mol. The largest absolute Gasteiger partial charge is 0.298 e. The molecular formula is C13H12N2O2S2. The molecule has 0 atom stereocenters. The predicted octanol–water partition coefficient (Wildman–Crippen LogP) is 3.32. The summed E-state index contributed by atoms with van der Waals surface area (Å²) < 4.78 is 0. The van der Waals surface area contributed by atoms with Crippen LogP contribution in [0.2, 0.25) is 0 Å². The first-order valence-electron chi connectivity index (χ1n) is 5.52. The van der Waals surface area contributed by atoms with Crippen molar-refractivity contribution in [3.63, 3.8) is 0 Å². The third kappa shape index (κ3) is 3.21.